The largest absolute Gasteiger partial charge is 0.267 e. The van der Waals surface area contributed by atoms with Crippen LogP contribution in [-0.4, -0.2) is 20.8 Å². The van der Waals surface area contributed by atoms with Gasteiger partial charge in [0.2, 0.25) is 0 Å². The second-order valence-electron chi connectivity index (χ2n) is 4.84. The minimum absolute atomic E-state index is 0.328. The van der Waals surface area contributed by atoms with Gasteiger partial charge in [0.15, 0.2) is 0 Å². The molecule has 0 atom stereocenters. The first-order valence-corrected chi connectivity index (χ1v) is 8.00. The summed E-state index contributed by atoms with van der Waals surface area (Å²) < 4.78 is 26.3. The summed E-state index contributed by atoms with van der Waals surface area (Å²) in [5.41, 5.74) is 2.13. The highest BCUT2D eigenvalue weighted by Gasteiger charge is 2.29. The molecule has 0 fully saturated rings. The van der Waals surface area contributed by atoms with Crippen molar-refractivity contribution in [2.45, 2.75) is 30.6 Å². The highest BCUT2D eigenvalue weighted by Crippen LogP contribution is 2.23. The van der Waals surface area contributed by atoms with Crippen LogP contribution < -0.4 is 4.72 Å². The van der Waals surface area contributed by atoms with Crippen LogP contribution in [-0.2, 0) is 10.0 Å². The topological polar surface area (TPSA) is 58.5 Å². The summed E-state index contributed by atoms with van der Waals surface area (Å²) in [7, 11) is -3.40. The highest BCUT2D eigenvalue weighted by molar-refractivity contribution is 7.90. The van der Waals surface area contributed by atoms with Gasteiger partial charge in [-0.05, 0) is 37.8 Å². The van der Waals surface area contributed by atoms with Crippen molar-refractivity contribution in [3.63, 3.8) is 0 Å². The number of sulfonamides is 1. The van der Waals surface area contributed by atoms with Crippen LogP contribution in [0.2, 0.25) is 0 Å². The van der Waals surface area contributed by atoms with Crippen molar-refractivity contribution in [3.8, 4) is 0 Å². The minimum Gasteiger partial charge on any atom is -0.267 e. The van der Waals surface area contributed by atoms with Gasteiger partial charge in [-0.25, -0.2) is 8.42 Å². The Bertz CT molecular complexity index is 660. The summed E-state index contributed by atoms with van der Waals surface area (Å²) in [6, 6.07) is 6.96. The number of benzene rings is 1. The molecule has 2 aliphatic rings. The number of amidine groups is 1. The van der Waals surface area contributed by atoms with Crippen molar-refractivity contribution in [2.75, 3.05) is 6.54 Å². The van der Waals surface area contributed by atoms with Gasteiger partial charge in [-0.3, -0.25) is 9.71 Å². The van der Waals surface area contributed by atoms with Crippen molar-refractivity contribution in [2.24, 2.45) is 4.99 Å². The third kappa shape index (κ3) is 2.42. The number of nitrogens with zero attached hydrogens (tertiary/aromatic N) is 1. The molecule has 0 radical (unpaired) electrons. The maximum atomic E-state index is 11.9. The average molecular weight is 276 g/mol. The zero-order valence-electron chi connectivity index (χ0n) is 10.6. The maximum Gasteiger partial charge on any atom is 0.263 e. The molecule has 1 aliphatic carbocycles. The summed E-state index contributed by atoms with van der Waals surface area (Å²) in [4.78, 5) is 4.74. The zero-order chi connectivity index (χ0) is 13.3. The molecule has 0 aromatic heterocycles. The quantitative estimate of drug-likeness (QED) is 0.861. The fraction of sp³-hybridized carbons (Fsp3) is 0.357. The minimum atomic E-state index is -3.40. The van der Waals surface area contributed by atoms with Crippen LogP contribution in [0.1, 0.15) is 31.2 Å². The Labute approximate surface area is 113 Å². The van der Waals surface area contributed by atoms with Gasteiger partial charge in [-0.2, -0.15) is 0 Å². The van der Waals surface area contributed by atoms with Crippen molar-refractivity contribution >= 4 is 15.9 Å². The lowest BCUT2D eigenvalue weighted by Gasteiger charge is -2.00. The van der Waals surface area contributed by atoms with Crippen LogP contribution in [0.25, 0.3) is 0 Å². The molecular weight excluding hydrogens is 260 g/mol. The van der Waals surface area contributed by atoms with E-state index in [2.05, 4.69) is 15.8 Å². The Hall–Kier alpha value is -1.62. The van der Waals surface area contributed by atoms with Gasteiger partial charge in [0, 0.05) is 12.1 Å². The van der Waals surface area contributed by atoms with Gasteiger partial charge in [0.05, 0.1) is 4.90 Å². The lowest BCUT2D eigenvalue weighted by atomic mass is 10.1. The molecule has 0 saturated heterocycles. The van der Waals surface area contributed by atoms with Crippen molar-refractivity contribution in [1.29, 1.82) is 0 Å². The van der Waals surface area contributed by atoms with Crippen LogP contribution in [0.15, 0.2) is 45.8 Å². The molecule has 1 aromatic carbocycles. The van der Waals surface area contributed by atoms with Crippen LogP contribution in [0.4, 0.5) is 0 Å². The molecule has 3 rings (SSSR count). The zero-order valence-corrected chi connectivity index (χ0v) is 11.4. The third-order valence-electron chi connectivity index (χ3n) is 3.50. The standard InChI is InChI=1S/C14H16N2O2S/c17-19(18)13-8-4-3-7-12(13)14(16-19)15-10-9-11-5-1-2-6-11/h3-5,7-8H,1-2,6,9-10H2,(H,15,16). The van der Waals surface area contributed by atoms with E-state index in [1.165, 1.54) is 18.4 Å². The van der Waals surface area contributed by atoms with Crippen molar-refractivity contribution in [1.82, 2.24) is 4.72 Å². The first-order valence-electron chi connectivity index (χ1n) is 6.51. The lowest BCUT2D eigenvalue weighted by molar-refractivity contribution is 0.595. The molecule has 1 N–H and O–H groups in total. The fourth-order valence-corrected chi connectivity index (χ4v) is 3.78. The number of nitrogens with one attached hydrogen (secondary N) is 1. The molecule has 1 aromatic rings. The SMILES string of the molecule is O=S1(=O)NC(=NCCC2=CCCC2)c2ccccc21. The van der Waals surface area contributed by atoms with E-state index in [0.717, 1.165) is 12.8 Å². The van der Waals surface area contributed by atoms with E-state index in [0.29, 0.717) is 22.8 Å². The molecular formula is C14H16N2O2S. The van der Waals surface area contributed by atoms with E-state index in [-0.39, 0.29) is 0 Å². The normalized spacial score (nSPS) is 22.1. The van der Waals surface area contributed by atoms with Gasteiger partial charge < -0.3 is 0 Å². The van der Waals surface area contributed by atoms with Crippen LogP contribution >= 0.6 is 0 Å². The molecule has 100 valence electrons. The molecule has 4 nitrogen and oxygen atoms in total. The number of allylic oxidation sites excluding steroid dienone is 1. The van der Waals surface area contributed by atoms with E-state index in [1.54, 1.807) is 18.2 Å². The summed E-state index contributed by atoms with van der Waals surface area (Å²) in [5, 5.41) is 0. The van der Waals surface area contributed by atoms with E-state index in [1.807, 2.05) is 6.07 Å². The Morgan fingerprint density at radius 1 is 1.26 bits per heavy atom. The summed E-state index contributed by atoms with van der Waals surface area (Å²) in [6.45, 7) is 0.637. The van der Waals surface area contributed by atoms with Gasteiger partial charge in [0.1, 0.15) is 5.84 Å². The van der Waals surface area contributed by atoms with E-state index in [9.17, 15) is 8.42 Å². The third-order valence-corrected chi connectivity index (χ3v) is 4.90. The van der Waals surface area contributed by atoms with Gasteiger partial charge in [-0.15, -0.1) is 0 Å². The van der Waals surface area contributed by atoms with E-state index in [4.69, 9.17) is 0 Å². The molecule has 0 spiro atoms. The molecule has 1 heterocycles. The Morgan fingerprint density at radius 2 is 2.11 bits per heavy atom. The van der Waals surface area contributed by atoms with Gasteiger partial charge >= 0.3 is 0 Å². The molecule has 0 bridgehead atoms. The van der Waals surface area contributed by atoms with Gasteiger partial charge in [-0.1, -0.05) is 23.8 Å². The Balaban J connectivity index is 1.79. The number of hydrogen-bond donors (Lipinski definition) is 1. The Morgan fingerprint density at radius 3 is 2.89 bits per heavy atom. The average Bonchev–Trinajstić information content (AvgIpc) is 2.98. The van der Waals surface area contributed by atoms with Crippen LogP contribution in [0, 0.1) is 0 Å². The predicted octanol–water partition coefficient (Wildman–Crippen LogP) is 2.23. The smallest absolute Gasteiger partial charge is 0.263 e. The number of aliphatic imine (C=N–C) groups is 1. The van der Waals surface area contributed by atoms with Gasteiger partial charge in [0.25, 0.3) is 10.0 Å². The molecule has 0 amide bonds. The lowest BCUT2D eigenvalue weighted by Crippen LogP contribution is -2.22. The molecule has 1 aliphatic heterocycles. The summed E-state index contributed by atoms with van der Waals surface area (Å²) in [6.07, 6.45) is 6.76. The number of fused-ring (bicyclic) bond motifs is 1. The second-order valence-corrected chi connectivity index (χ2v) is 6.49. The maximum absolute atomic E-state index is 11.9. The van der Waals surface area contributed by atoms with Crippen molar-refractivity contribution < 1.29 is 8.42 Å². The van der Waals surface area contributed by atoms with E-state index < -0.39 is 10.0 Å². The first kappa shape index (κ1) is 12.4. The Kier molecular flexibility index (Phi) is 3.14. The number of hydrogen-bond acceptors (Lipinski definition) is 3. The summed E-state index contributed by atoms with van der Waals surface area (Å²) in [5.74, 6) is 0.481. The fourth-order valence-electron chi connectivity index (χ4n) is 2.53. The summed E-state index contributed by atoms with van der Waals surface area (Å²) >= 11 is 0. The molecule has 0 saturated carbocycles. The predicted molar refractivity (Wildman–Crippen MR) is 74.7 cm³/mol. The molecule has 0 unspecified atom stereocenters. The van der Waals surface area contributed by atoms with Crippen LogP contribution in [0.3, 0.4) is 0 Å². The van der Waals surface area contributed by atoms with Crippen LogP contribution in [0.5, 0.6) is 0 Å². The first-order chi connectivity index (χ1) is 9.17. The molecule has 19 heavy (non-hydrogen) atoms. The van der Waals surface area contributed by atoms with E-state index >= 15 is 0 Å². The number of rotatable bonds is 3. The van der Waals surface area contributed by atoms with Crippen molar-refractivity contribution in [3.05, 3.63) is 41.5 Å². The highest BCUT2D eigenvalue weighted by atomic mass is 32.2. The monoisotopic (exact) mass is 276 g/mol. The second kappa shape index (κ2) is 4.81. The molecule has 5 heteroatoms.